The Balaban J connectivity index is 3.04. The maximum absolute atomic E-state index is 3.53. The van der Waals surface area contributed by atoms with E-state index in [0.29, 0.717) is 0 Å². The third kappa shape index (κ3) is 2.17. The first-order valence-electron chi connectivity index (χ1n) is 3.71. The van der Waals surface area contributed by atoms with E-state index in [0.717, 1.165) is 0 Å². The molecular weight excluding hydrogens is 234 g/mol. The van der Waals surface area contributed by atoms with Gasteiger partial charge in [0.15, 0.2) is 0 Å². The third-order valence-corrected chi connectivity index (χ3v) is 3.35. The van der Waals surface area contributed by atoms with E-state index < -0.39 is 0 Å². The summed E-state index contributed by atoms with van der Waals surface area (Å²) >= 11 is 5.14. The van der Waals surface area contributed by atoms with Crippen molar-refractivity contribution < 1.29 is 0 Å². The maximum atomic E-state index is 3.53. The van der Waals surface area contributed by atoms with Crippen LogP contribution < -0.4 is 4.72 Å². The van der Waals surface area contributed by atoms with Gasteiger partial charge in [0.05, 0.1) is 0 Å². The average molecular weight is 246 g/mol. The summed E-state index contributed by atoms with van der Waals surface area (Å²) in [6.07, 6.45) is 2.02. The van der Waals surface area contributed by atoms with Crippen molar-refractivity contribution in [1.29, 1.82) is 0 Å². The van der Waals surface area contributed by atoms with E-state index >= 15 is 0 Å². The standard InChI is InChI=1S/C9H12BrNS/c1-6-4-8(11-12-3)5-7(2)9(6)10/h4-5,11H,1-3H3. The molecule has 12 heavy (non-hydrogen) atoms. The number of nitrogens with one attached hydrogen (secondary N) is 1. The molecule has 0 bridgehead atoms. The normalized spacial score (nSPS) is 10.0. The molecular formula is C9H12BrNS. The summed E-state index contributed by atoms with van der Waals surface area (Å²) in [5, 5.41) is 0. The van der Waals surface area contributed by atoms with E-state index in [1.165, 1.54) is 21.3 Å². The van der Waals surface area contributed by atoms with E-state index in [-0.39, 0.29) is 0 Å². The lowest BCUT2D eigenvalue weighted by Crippen LogP contribution is -1.88. The molecule has 0 radical (unpaired) electrons. The molecule has 1 rings (SSSR count). The Morgan fingerprint density at radius 1 is 1.25 bits per heavy atom. The van der Waals surface area contributed by atoms with Crippen molar-refractivity contribution in [3.8, 4) is 0 Å². The predicted molar refractivity (Wildman–Crippen MR) is 60.8 cm³/mol. The highest BCUT2D eigenvalue weighted by Crippen LogP contribution is 2.25. The van der Waals surface area contributed by atoms with E-state index in [4.69, 9.17) is 0 Å². The minimum Gasteiger partial charge on any atom is -0.330 e. The fraction of sp³-hybridized carbons (Fsp3) is 0.333. The van der Waals surface area contributed by atoms with Crippen LogP contribution in [0.2, 0.25) is 0 Å². The molecule has 0 aliphatic heterocycles. The largest absolute Gasteiger partial charge is 0.330 e. The Kier molecular flexibility index (Phi) is 3.47. The Morgan fingerprint density at radius 2 is 1.75 bits per heavy atom. The van der Waals surface area contributed by atoms with Gasteiger partial charge in [-0.2, -0.15) is 0 Å². The minimum absolute atomic E-state index is 1.17. The summed E-state index contributed by atoms with van der Waals surface area (Å²) in [6, 6.07) is 4.27. The molecule has 0 saturated carbocycles. The zero-order chi connectivity index (χ0) is 9.14. The van der Waals surface area contributed by atoms with Crippen LogP contribution >= 0.6 is 27.9 Å². The Labute approximate surface area is 86.2 Å². The van der Waals surface area contributed by atoms with Crippen molar-refractivity contribution in [2.24, 2.45) is 0 Å². The number of aryl methyl sites for hydroxylation is 2. The van der Waals surface area contributed by atoms with Gasteiger partial charge in [-0.05, 0) is 37.1 Å². The first kappa shape index (κ1) is 9.93. The van der Waals surface area contributed by atoms with Gasteiger partial charge < -0.3 is 4.72 Å². The highest BCUT2D eigenvalue weighted by molar-refractivity contribution is 9.10. The van der Waals surface area contributed by atoms with Crippen LogP contribution in [-0.4, -0.2) is 6.26 Å². The molecule has 3 heteroatoms. The van der Waals surface area contributed by atoms with Gasteiger partial charge in [-0.25, -0.2) is 0 Å². The molecule has 1 nitrogen and oxygen atoms in total. The third-order valence-electron chi connectivity index (χ3n) is 1.66. The van der Waals surface area contributed by atoms with Gasteiger partial charge in [0, 0.05) is 16.4 Å². The fourth-order valence-electron chi connectivity index (χ4n) is 1.12. The van der Waals surface area contributed by atoms with Crippen LogP contribution in [0, 0.1) is 13.8 Å². The first-order valence-corrected chi connectivity index (χ1v) is 5.72. The van der Waals surface area contributed by atoms with E-state index in [1.54, 1.807) is 11.9 Å². The molecule has 0 heterocycles. The summed E-state index contributed by atoms with van der Waals surface area (Å²) in [5.74, 6) is 0. The van der Waals surface area contributed by atoms with Crippen molar-refractivity contribution >= 4 is 33.6 Å². The zero-order valence-corrected chi connectivity index (χ0v) is 9.84. The van der Waals surface area contributed by atoms with Crippen molar-refractivity contribution in [3.05, 3.63) is 27.7 Å². The summed E-state index contributed by atoms with van der Waals surface area (Å²) in [6.45, 7) is 4.20. The van der Waals surface area contributed by atoms with Crippen LogP contribution in [-0.2, 0) is 0 Å². The van der Waals surface area contributed by atoms with Crippen molar-refractivity contribution in [2.45, 2.75) is 13.8 Å². The lowest BCUT2D eigenvalue weighted by atomic mass is 10.1. The number of anilines is 1. The lowest BCUT2D eigenvalue weighted by Gasteiger charge is -2.07. The van der Waals surface area contributed by atoms with Gasteiger partial charge in [0.25, 0.3) is 0 Å². The second-order valence-corrected chi connectivity index (χ2v) is 4.14. The molecule has 1 aromatic rings. The van der Waals surface area contributed by atoms with Gasteiger partial charge in [0.1, 0.15) is 0 Å². The molecule has 66 valence electrons. The lowest BCUT2D eigenvalue weighted by molar-refractivity contribution is 1.34. The summed E-state index contributed by atoms with van der Waals surface area (Å²) in [7, 11) is 0. The molecule has 0 aromatic heterocycles. The highest BCUT2D eigenvalue weighted by atomic mass is 79.9. The Bertz CT molecular complexity index is 263. The van der Waals surface area contributed by atoms with Gasteiger partial charge in [-0.1, -0.05) is 27.9 Å². The van der Waals surface area contributed by atoms with Crippen LogP contribution in [0.3, 0.4) is 0 Å². The summed E-state index contributed by atoms with van der Waals surface area (Å²) < 4.78 is 4.42. The molecule has 0 atom stereocenters. The molecule has 0 unspecified atom stereocenters. The molecule has 0 amide bonds. The second-order valence-electron chi connectivity index (χ2n) is 2.73. The maximum Gasteiger partial charge on any atom is 0.0446 e. The molecule has 1 N–H and O–H groups in total. The number of rotatable bonds is 2. The van der Waals surface area contributed by atoms with E-state index in [9.17, 15) is 0 Å². The van der Waals surface area contributed by atoms with Crippen LogP contribution in [0.25, 0.3) is 0 Å². The van der Waals surface area contributed by atoms with Gasteiger partial charge in [-0.15, -0.1) is 0 Å². The Hall–Kier alpha value is -0.150. The van der Waals surface area contributed by atoms with Gasteiger partial charge >= 0.3 is 0 Å². The summed E-state index contributed by atoms with van der Waals surface area (Å²) in [5.41, 5.74) is 3.71. The van der Waals surface area contributed by atoms with E-state index in [2.05, 4.69) is 46.6 Å². The van der Waals surface area contributed by atoms with Crippen molar-refractivity contribution in [2.75, 3.05) is 11.0 Å². The SMILES string of the molecule is CSNc1cc(C)c(Br)c(C)c1. The van der Waals surface area contributed by atoms with Gasteiger partial charge in [-0.3, -0.25) is 0 Å². The topological polar surface area (TPSA) is 12.0 Å². The number of hydrogen-bond acceptors (Lipinski definition) is 2. The van der Waals surface area contributed by atoms with Gasteiger partial charge in [0.2, 0.25) is 0 Å². The quantitative estimate of drug-likeness (QED) is 0.797. The zero-order valence-electron chi connectivity index (χ0n) is 7.44. The average Bonchev–Trinajstić information content (AvgIpc) is 2.01. The smallest absolute Gasteiger partial charge is 0.0446 e. The van der Waals surface area contributed by atoms with Crippen molar-refractivity contribution in [3.63, 3.8) is 0 Å². The molecule has 0 aliphatic carbocycles. The molecule has 0 aliphatic rings. The number of halogens is 1. The van der Waals surface area contributed by atoms with Crippen LogP contribution in [0.5, 0.6) is 0 Å². The van der Waals surface area contributed by atoms with Crippen LogP contribution in [0.15, 0.2) is 16.6 Å². The number of benzene rings is 1. The van der Waals surface area contributed by atoms with Crippen molar-refractivity contribution in [1.82, 2.24) is 0 Å². The Morgan fingerprint density at radius 3 is 2.17 bits per heavy atom. The van der Waals surface area contributed by atoms with Crippen LogP contribution in [0.4, 0.5) is 5.69 Å². The molecule has 0 saturated heterocycles. The highest BCUT2D eigenvalue weighted by Gasteiger charge is 2.00. The predicted octanol–water partition coefficient (Wildman–Crippen LogP) is 3.76. The first-order chi connectivity index (χ1) is 5.65. The van der Waals surface area contributed by atoms with E-state index in [1.807, 2.05) is 6.26 Å². The molecule has 0 spiro atoms. The molecule has 0 fully saturated rings. The second kappa shape index (κ2) is 4.19. The fourth-order valence-corrected chi connectivity index (χ4v) is 1.71. The molecule has 1 aromatic carbocycles. The minimum atomic E-state index is 1.17. The monoisotopic (exact) mass is 245 g/mol. The number of hydrogen-bond donors (Lipinski definition) is 1. The summed E-state index contributed by atoms with van der Waals surface area (Å²) in [4.78, 5) is 0. The van der Waals surface area contributed by atoms with Crippen LogP contribution in [0.1, 0.15) is 11.1 Å².